The van der Waals surface area contributed by atoms with Crippen molar-refractivity contribution in [2.24, 2.45) is 0 Å². The lowest BCUT2D eigenvalue weighted by Gasteiger charge is -2.14. The Labute approximate surface area is 172 Å². The highest BCUT2D eigenvalue weighted by Gasteiger charge is 2.37. The van der Waals surface area contributed by atoms with Gasteiger partial charge in [0.2, 0.25) is 5.91 Å². The van der Waals surface area contributed by atoms with Crippen molar-refractivity contribution in [3.63, 3.8) is 0 Å². The van der Waals surface area contributed by atoms with Gasteiger partial charge in [0.05, 0.1) is 12.1 Å². The van der Waals surface area contributed by atoms with E-state index in [1.807, 2.05) is 18.2 Å². The van der Waals surface area contributed by atoms with Gasteiger partial charge in [-0.25, -0.2) is 0 Å². The van der Waals surface area contributed by atoms with Gasteiger partial charge >= 0.3 is 0 Å². The van der Waals surface area contributed by atoms with Gasteiger partial charge in [0.15, 0.2) is 5.11 Å². The molecule has 0 radical (unpaired) electrons. The number of carboxylic acids is 1. The highest BCUT2D eigenvalue weighted by atomic mass is 35.5. The Bertz CT molecular complexity index is 871. The van der Waals surface area contributed by atoms with Crippen LogP contribution < -0.4 is 15.5 Å². The van der Waals surface area contributed by atoms with Crippen LogP contribution in [0.1, 0.15) is 13.3 Å². The molecular weight excluding hydrogens is 402 g/mol. The largest absolute Gasteiger partial charge is 0.481 e. The van der Waals surface area contributed by atoms with Gasteiger partial charge in [0.25, 0.3) is 11.9 Å². The maximum absolute atomic E-state index is 12.5. The molecule has 1 fully saturated rings. The van der Waals surface area contributed by atoms with Gasteiger partial charge in [0, 0.05) is 17.6 Å². The average molecular weight is 420 g/mol. The van der Waals surface area contributed by atoms with Crippen molar-refractivity contribution in [3.8, 4) is 0 Å². The number of benzene rings is 2. The molecule has 2 aromatic rings. The summed E-state index contributed by atoms with van der Waals surface area (Å²) in [7, 11) is 0. The molecule has 0 aromatic heterocycles. The number of aliphatic carboxylic acids is 1. The van der Waals surface area contributed by atoms with Gasteiger partial charge in [-0.1, -0.05) is 29.8 Å². The number of nitrogens with zero attached hydrogens (tertiary/aromatic N) is 1. The average Bonchev–Trinajstić information content (AvgIpc) is 2.90. The minimum absolute atomic E-state index is 0.00899. The second kappa shape index (κ2) is 9.82. The first-order chi connectivity index (χ1) is 13.3. The Morgan fingerprint density at radius 3 is 2.32 bits per heavy atom. The summed E-state index contributed by atoms with van der Waals surface area (Å²) >= 11 is 11.0. The molecule has 1 unspecified atom stereocenters. The molecule has 1 aliphatic heterocycles. The van der Waals surface area contributed by atoms with E-state index in [1.165, 1.54) is 4.90 Å². The Balaban J connectivity index is 0.000000640. The SMILES string of the molecule is CC(=O)O.O=C(CC1NC(=S)N(c2ccccc2)C1=O)Nc1ccc(Cl)cc1. The third-order valence-corrected chi connectivity index (χ3v) is 4.10. The molecule has 28 heavy (non-hydrogen) atoms. The normalized spacial score (nSPS) is 15.4. The summed E-state index contributed by atoms with van der Waals surface area (Å²) < 4.78 is 0. The number of amides is 2. The van der Waals surface area contributed by atoms with E-state index >= 15 is 0 Å². The van der Waals surface area contributed by atoms with Crippen molar-refractivity contribution in [3.05, 3.63) is 59.6 Å². The van der Waals surface area contributed by atoms with E-state index in [2.05, 4.69) is 10.6 Å². The molecule has 9 heteroatoms. The minimum atomic E-state index is -0.833. The maximum atomic E-state index is 12.5. The second-order valence-electron chi connectivity index (χ2n) is 5.79. The minimum Gasteiger partial charge on any atom is -0.481 e. The van der Waals surface area contributed by atoms with Crippen LogP contribution in [0.5, 0.6) is 0 Å². The molecule has 146 valence electrons. The zero-order valence-corrected chi connectivity index (χ0v) is 16.5. The fraction of sp³-hybridized carbons (Fsp3) is 0.158. The highest BCUT2D eigenvalue weighted by molar-refractivity contribution is 7.80. The summed E-state index contributed by atoms with van der Waals surface area (Å²) in [6, 6.07) is 15.2. The smallest absolute Gasteiger partial charge is 0.300 e. The number of carbonyl (C=O) groups is 3. The number of carboxylic acid groups (broad SMARTS) is 1. The number of carbonyl (C=O) groups excluding carboxylic acids is 2. The van der Waals surface area contributed by atoms with Gasteiger partial charge in [-0.2, -0.15) is 0 Å². The molecule has 1 saturated heterocycles. The van der Waals surface area contributed by atoms with Crippen molar-refractivity contribution >= 4 is 58.1 Å². The van der Waals surface area contributed by atoms with Crippen LogP contribution in [0.4, 0.5) is 11.4 Å². The lowest BCUT2D eigenvalue weighted by atomic mass is 10.2. The molecule has 7 nitrogen and oxygen atoms in total. The molecule has 1 aliphatic rings. The fourth-order valence-electron chi connectivity index (χ4n) is 2.42. The monoisotopic (exact) mass is 419 g/mol. The van der Waals surface area contributed by atoms with Crippen LogP contribution in [0.15, 0.2) is 54.6 Å². The molecular formula is C19H18ClN3O4S. The third-order valence-electron chi connectivity index (χ3n) is 3.55. The van der Waals surface area contributed by atoms with Crippen molar-refractivity contribution in [2.45, 2.75) is 19.4 Å². The van der Waals surface area contributed by atoms with E-state index in [1.54, 1.807) is 36.4 Å². The number of nitrogens with one attached hydrogen (secondary N) is 2. The standard InChI is InChI=1S/C17H14ClN3O2S.C2H4O2/c18-11-6-8-12(9-7-11)19-15(22)10-14-16(23)21(17(24)20-14)13-4-2-1-3-5-13;1-2(3)4/h1-9,14H,10H2,(H,19,22)(H,20,24);1H3,(H,3,4). The molecule has 0 spiro atoms. The number of hydrogen-bond acceptors (Lipinski definition) is 4. The van der Waals surface area contributed by atoms with E-state index in [9.17, 15) is 9.59 Å². The predicted molar refractivity (Wildman–Crippen MR) is 111 cm³/mol. The fourth-order valence-corrected chi connectivity index (χ4v) is 2.89. The maximum Gasteiger partial charge on any atom is 0.300 e. The number of para-hydroxylation sites is 1. The summed E-state index contributed by atoms with van der Waals surface area (Å²) in [5.74, 6) is -1.35. The molecule has 2 amide bonds. The summed E-state index contributed by atoms with van der Waals surface area (Å²) in [4.78, 5) is 35.1. The Morgan fingerprint density at radius 2 is 1.75 bits per heavy atom. The Hall–Kier alpha value is -2.97. The van der Waals surface area contributed by atoms with E-state index in [-0.39, 0.29) is 18.2 Å². The summed E-state index contributed by atoms with van der Waals surface area (Å²) in [5.41, 5.74) is 1.30. The Kier molecular flexibility index (Phi) is 7.48. The molecule has 3 N–H and O–H groups in total. The first kappa shape index (κ1) is 21.3. The van der Waals surface area contributed by atoms with Crippen molar-refractivity contribution in [1.29, 1.82) is 0 Å². The van der Waals surface area contributed by atoms with Gasteiger partial charge in [-0.3, -0.25) is 19.3 Å². The molecule has 1 atom stereocenters. The summed E-state index contributed by atoms with van der Waals surface area (Å²) in [5, 5.41) is 13.9. The number of thiocarbonyl (C=S) groups is 1. The number of anilines is 2. The van der Waals surface area contributed by atoms with Gasteiger partial charge in [-0.05, 0) is 48.6 Å². The van der Waals surface area contributed by atoms with Gasteiger partial charge < -0.3 is 15.7 Å². The molecule has 0 bridgehead atoms. The van der Waals surface area contributed by atoms with Crippen molar-refractivity contribution in [2.75, 3.05) is 10.2 Å². The van der Waals surface area contributed by atoms with Crippen LogP contribution in [0.25, 0.3) is 0 Å². The Morgan fingerprint density at radius 1 is 1.18 bits per heavy atom. The van der Waals surface area contributed by atoms with E-state index in [4.69, 9.17) is 33.7 Å². The molecule has 3 rings (SSSR count). The quantitative estimate of drug-likeness (QED) is 0.659. The summed E-state index contributed by atoms with van der Waals surface area (Å²) in [6.07, 6.45) is -0.00899. The van der Waals surface area contributed by atoms with Crippen LogP contribution in [0.3, 0.4) is 0 Å². The lowest BCUT2D eigenvalue weighted by Crippen LogP contribution is -2.34. The second-order valence-corrected chi connectivity index (χ2v) is 6.61. The van der Waals surface area contributed by atoms with E-state index < -0.39 is 12.0 Å². The van der Waals surface area contributed by atoms with Crippen LogP contribution in [-0.2, 0) is 14.4 Å². The summed E-state index contributed by atoms with van der Waals surface area (Å²) in [6.45, 7) is 1.08. The van der Waals surface area contributed by atoms with Gasteiger partial charge in [-0.15, -0.1) is 0 Å². The lowest BCUT2D eigenvalue weighted by molar-refractivity contribution is -0.134. The zero-order valence-electron chi connectivity index (χ0n) is 14.9. The van der Waals surface area contributed by atoms with Crippen LogP contribution >= 0.6 is 23.8 Å². The third kappa shape index (κ3) is 6.04. The molecule has 0 aliphatic carbocycles. The predicted octanol–water partition coefficient (Wildman–Crippen LogP) is 3.05. The topological polar surface area (TPSA) is 98.7 Å². The van der Waals surface area contributed by atoms with Crippen LogP contribution in [-0.4, -0.2) is 34.0 Å². The van der Waals surface area contributed by atoms with Crippen LogP contribution in [0.2, 0.25) is 5.02 Å². The first-order valence-electron chi connectivity index (χ1n) is 8.22. The van der Waals surface area contributed by atoms with E-state index in [0.29, 0.717) is 21.5 Å². The van der Waals surface area contributed by atoms with Crippen LogP contribution in [0, 0.1) is 0 Å². The number of rotatable bonds is 4. The first-order valence-corrected chi connectivity index (χ1v) is 9.01. The van der Waals surface area contributed by atoms with E-state index in [0.717, 1.165) is 6.92 Å². The van der Waals surface area contributed by atoms with Crippen molar-refractivity contribution < 1.29 is 19.5 Å². The molecule has 2 aromatic carbocycles. The van der Waals surface area contributed by atoms with Crippen molar-refractivity contribution in [1.82, 2.24) is 5.32 Å². The zero-order chi connectivity index (χ0) is 20.7. The molecule has 1 heterocycles. The number of halogens is 1. The molecule has 0 saturated carbocycles. The number of hydrogen-bond donors (Lipinski definition) is 3. The highest BCUT2D eigenvalue weighted by Crippen LogP contribution is 2.21. The van der Waals surface area contributed by atoms with Gasteiger partial charge in [0.1, 0.15) is 6.04 Å².